The number of hydrogen-bond acceptors (Lipinski definition) is 3. The van der Waals surface area contributed by atoms with Crippen molar-refractivity contribution >= 4 is 27.3 Å². The summed E-state index contributed by atoms with van der Waals surface area (Å²) < 4.78 is 1.08. The second kappa shape index (κ2) is 4.21. The molecule has 0 aliphatic heterocycles. The molecule has 1 rings (SSSR count). The lowest BCUT2D eigenvalue weighted by Crippen LogP contribution is -2.18. The monoisotopic (exact) mass is 235 g/mol. The van der Waals surface area contributed by atoms with E-state index in [0.717, 1.165) is 9.35 Å². The van der Waals surface area contributed by atoms with Crippen molar-refractivity contribution in [2.75, 3.05) is 13.7 Å². The van der Waals surface area contributed by atoms with Crippen LogP contribution in [0.5, 0.6) is 0 Å². The first-order chi connectivity index (χ1) is 5.27. The minimum atomic E-state index is 0.0753. The Morgan fingerprint density at radius 3 is 2.91 bits per heavy atom. The Hall–Kier alpha value is 0.1000. The van der Waals surface area contributed by atoms with Crippen molar-refractivity contribution < 1.29 is 5.11 Å². The molecule has 0 fully saturated rings. The highest BCUT2D eigenvalue weighted by Gasteiger charge is 2.08. The zero-order valence-corrected chi connectivity index (χ0v) is 8.58. The van der Waals surface area contributed by atoms with Gasteiger partial charge in [-0.05, 0) is 29.0 Å². The van der Waals surface area contributed by atoms with E-state index in [-0.39, 0.29) is 12.6 Å². The maximum Gasteiger partial charge on any atom is 0.0647 e. The van der Waals surface area contributed by atoms with E-state index in [9.17, 15) is 0 Å². The van der Waals surface area contributed by atoms with Crippen molar-refractivity contribution in [1.82, 2.24) is 5.32 Å². The van der Waals surface area contributed by atoms with Crippen LogP contribution in [0.25, 0.3) is 0 Å². The van der Waals surface area contributed by atoms with Crippen LogP contribution in [0.3, 0.4) is 0 Å². The minimum Gasteiger partial charge on any atom is -0.394 e. The molecule has 1 unspecified atom stereocenters. The Balaban J connectivity index is 2.73. The largest absolute Gasteiger partial charge is 0.394 e. The number of likely N-dealkylation sites (N-methyl/N-ethyl adjacent to an activating group) is 1. The highest BCUT2D eigenvalue weighted by atomic mass is 79.9. The number of thiophene rings is 1. The first kappa shape index (κ1) is 9.19. The molecule has 1 aromatic rings. The van der Waals surface area contributed by atoms with Gasteiger partial charge in [-0.2, -0.15) is 0 Å². The van der Waals surface area contributed by atoms with Crippen LogP contribution in [-0.4, -0.2) is 18.8 Å². The van der Waals surface area contributed by atoms with Crippen molar-refractivity contribution in [3.63, 3.8) is 0 Å². The van der Waals surface area contributed by atoms with E-state index in [2.05, 4.69) is 21.2 Å². The third-order valence-corrected chi connectivity index (χ3v) is 3.27. The highest BCUT2D eigenvalue weighted by molar-refractivity contribution is 9.10. The normalized spacial score (nSPS) is 13.4. The van der Waals surface area contributed by atoms with Crippen molar-refractivity contribution in [2.24, 2.45) is 0 Å². The molecule has 4 heteroatoms. The Labute approximate surface area is 78.4 Å². The zero-order chi connectivity index (χ0) is 8.27. The fourth-order valence-electron chi connectivity index (χ4n) is 0.835. The van der Waals surface area contributed by atoms with Crippen molar-refractivity contribution in [2.45, 2.75) is 6.04 Å². The summed E-state index contributed by atoms with van der Waals surface area (Å²) in [6, 6.07) is 2.09. The summed E-state index contributed by atoms with van der Waals surface area (Å²) in [4.78, 5) is 1.15. The Morgan fingerprint density at radius 2 is 2.55 bits per heavy atom. The van der Waals surface area contributed by atoms with Crippen molar-refractivity contribution in [1.29, 1.82) is 0 Å². The van der Waals surface area contributed by atoms with E-state index in [1.165, 1.54) is 0 Å². The van der Waals surface area contributed by atoms with Crippen LogP contribution < -0.4 is 5.32 Å². The lowest BCUT2D eigenvalue weighted by Gasteiger charge is -2.09. The zero-order valence-electron chi connectivity index (χ0n) is 6.17. The predicted octanol–water partition coefficient (Wildman–Crippen LogP) is 1.76. The van der Waals surface area contributed by atoms with Crippen LogP contribution >= 0.6 is 27.3 Å². The van der Waals surface area contributed by atoms with E-state index in [0.29, 0.717) is 0 Å². The summed E-state index contributed by atoms with van der Waals surface area (Å²) in [6.07, 6.45) is 0. The average molecular weight is 236 g/mol. The molecule has 0 aliphatic carbocycles. The summed E-state index contributed by atoms with van der Waals surface area (Å²) in [5, 5.41) is 13.9. The molecular formula is C7H10BrNOS. The van der Waals surface area contributed by atoms with Gasteiger partial charge in [-0.1, -0.05) is 0 Å². The van der Waals surface area contributed by atoms with E-state index >= 15 is 0 Å². The molecule has 0 amide bonds. The van der Waals surface area contributed by atoms with Crippen LogP contribution in [0.4, 0.5) is 0 Å². The molecule has 1 aromatic heterocycles. The first-order valence-corrected chi connectivity index (χ1v) is 4.97. The molecule has 1 heterocycles. The summed E-state index contributed by atoms with van der Waals surface area (Å²) >= 11 is 5.00. The van der Waals surface area contributed by atoms with Crippen LogP contribution in [0.2, 0.25) is 0 Å². The number of hydrogen-bond donors (Lipinski definition) is 2. The first-order valence-electron chi connectivity index (χ1n) is 3.30. The highest BCUT2D eigenvalue weighted by Crippen LogP contribution is 2.24. The summed E-state index contributed by atoms with van der Waals surface area (Å²) in [6.45, 7) is 0.142. The van der Waals surface area contributed by atoms with Crippen molar-refractivity contribution in [3.05, 3.63) is 20.8 Å². The second-order valence-electron chi connectivity index (χ2n) is 2.19. The third kappa shape index (κ3) is 2.27. The fraction of sp³-hybridized carbons (Fsp3) is 0.429. The van der Waals surface area contributed by atoms with Crippen LogP contribution in [0, 0.1) is 0 Å². The maximum absolute atomic E-state index is 8.92. The van der Waals surface area contributed by atoms with Gasteiger partial charge in [-0.3, -0.25) is 0 Å². The van der Waals surface area contributed by atoms with Gasteiger partial charge in [-0.15, -0.1) is 11.3 Å². The molecule has 1 atom stereocenters. The van der Waals surface area contributed by atoms with Crippen LogP contribution in [0.1, 0.15) is 10.9 Å². The number of nitrogens with one attached hydrogen (secondary N) is 1. The average Bonchev–Trinajstić information content (AvgIpc) is 2.39. The van der Waals surface area contributed by atoms with Gasteiger partial charge >= 0.3 is 0 Å². The second-order valence-corrected chi connectivity index (χ2v) is 4.05. The van der Waals surface area contributed by atoms with E-state index in [4.69, 9.17) is 5.11 Å². The molecule has 0 saturated heterocycles. The third-order valence-electron chi connectivity index (χ3n) is 1.46. The lowest BCUT2D eigenvalue weighted by atomic mass is 10.2. The molecule has 0 saturated carbocycles. The Kier molecular flexibility index (Phi) is 3.51. The van der Waals surface area contributed by atoms with E-state index < -0.39 is 0 Å². The lowest BCUT2D eigenvalue weighted by molar-refractivity contribution is 0.253. The van der Waals surface area contributed by atoms with Crippen LogP contribution in [0.15, 0.2) is 15.9 Å². The molecule has 0 bridgehead atoms. The number of aliphatic hydroxyl groups is 1. The molecule has 2 N–H and O–H groups in total. The number of aliphatic hydroxyl groups excluding tert-OH is 1. The minimum absolute atomic E-state index is 0.0753. The standard InChI is InChI=1S/C7H10BrNOS/c1-9-6(3-10)7-2-5(8)4-11-7/h2,4,6,9-10H,3H2,1H3. The Morgan fingerprint density at radius 1 is 1.82 bits per heavy atom. The maximum atomic E-state index is 8.92. The molecule has 0 radical (unpaired) electrons. The van der Waals surface area contributed by atoms with E-state index in [1.807, 2.05) is 18.5 Å². The predicted molar refractivity (Wildman–Crippen MR) is 50.9 cm³/mol. The molecule has 0 aromatic carbocycles. The fourth-order valence-corrected chi connectivity index (χ4v) is 2.38. The van der Waals surface area contributed by atoms with Gasteiger partial charge in [0.25, 0.3) is 0 Å². The SMILES string of the molecule is CNC(CO)c1cc(Br)cs1. The Bertz CT molecular complexity index is 222. The molecule has 11 heavy (non-hydrogen) atoms. The molecule has 0 aliphatic rings. The number of halogens is 1. The van der Waals surface area contributed by atoms with Gasteiger partial charge in [0.1, 0.15) is 0 Å². The summed E-state index contributed by atoms with van der Waals surface area (Å²) in [7, 11) is 1.84. The van der Waals surface area contributed by atoms with Gasteiger partial charge in [0.15, 0.2) is 0 Å². The van der Waals surface area contributed by atoms with E-state index in [1.54, 1.807) is 11.3 Å². The molecule has 0 spiro atoms. The van der Waals surface area contributed by atoms with Crippen molar-refractivity contribution in [3.8, 4) is 0 Å². The van der Waals surface area contributed by atoms with Gasteiger partial charge in [-0.25, -0.2) is 0 Å². The quantitative estimate of drug-likeness (QED) is 0.838. The van der Waals surface area contributed by atoms with Gasteiger partial charge < -0.3 is 10.4 Å². The number of rotatable bonds is 3. The van der Waals surface area contributed by atoms with Gasteiger partial charge in [0.05, 0.1) is 12.6 Å². The van der Waals surface area contributed by atoms with Gasteiger partial charge in [0.2, 0.25) is 0 Å². The van der Waals surface area contributed by atoms with Gasteiger partial charge in [0, 0.05) is 14.7 Å². The molecule has 2 nitrogen and oxygen atoms in total. The van der Waals surface area contributed by atoms with Crippen LogP contribution in [-0.2, 0) is 0 Å². The topological polar surface area (TPSA) is 32.3 Å². The molecule has 62 valence electrons. The summed E-state index contributed by atoms with van der Waals surface area (Å²) in [5.41, 5.74) is 0. The molecular weight excluding hydrogens is 226 g/mol. The smallest absolute Gasteiger partial charge is 0.0647 e. The summed E-state index contributed by atoms with van der Waals surface area (Å²) in [5.74, 6) is 0.